The quantitative estimate of drug-likeness (QED) is 0.692. The highest BCUT2D eigenvalue weighted by molar-refractivity contribution is 7.88. The average molecular weight is 424 g/mol. The van der Waals surface area contributed by atoms with Crippen molar-refractivity contribution in [3.63, 3.8) is 0 Å². The third-order valence-electron chi connectivity index (χ3n) is 7.92. The molecule has 1 atom stereocenters. The highest BCUT2D eigenvalue weighted by atomic mass is 32.2. The number of carbonyl (C=O) groups is 1. The molecule has 29 heavy (non-hydrogen) atoms. The molecular weight excluding hydrogens is 390 g/mol. The van der Waals surface area contributed by atoms with Gasteiger partial charge in [0, 0.05) is 43.8 Å². The van der Waals surface area contributed by atoms with E-state index in [2.05, 4.69) is 16.3 Å². The minimum absolute atomic E-state index is 0.0495. The predicted molar refractivity (Wildman–Crippen MR) is 110 cm³/mol. The molecule has 3 saturated carbocycles. The van der Waals surface area contributed by atoms with Crippen molar-refractivity contribution in [2.45, 2.75) is 68.5 Å². The number of nitrogens with zero attached hydrogens (tertiary/aromatic N) is 4. The molecule has 0 spiro atoms. The number of nitriles is 1. The Kier molecular flexibility index (Phi) is 5.66. The monoisotopic (exact) mass is 423 g/mol. The summed E-state index contributed by atoms with van der Waals surface area (Å²) >= 11 is 0. The Bertz CT molecular complexity index is 760. The van der Waals surface area contributed by atoms with Crippen molar-refractivity contribution >= 4 is 15.9 Å². The van der Waals surface area contributed by atoms with Crippen molar-refractivity contribution in [1.29, 1.82) is 5.26 Å². The van der Waals surface area contributed by atoms with Crippen LogP contribution in [0.2, 0.25) is 0 Å². The summed E-state index contributed by atoms with van der Waals surface area (Å²) in [6.07, 6.45) is 9.53. The first-order valence-electron chi connectivity index (χ1n) is 10.9. The van der Waals surface area contributed by atoms with Crippen LogP contribution >= 0.6 is 0 Å². The summed E-state index contributed by atoms with van der Waals surface area (Å²) in [5.41, 5.74) is 0.256. The topological polar surface area (TPSA) is 96.8 Å². The fraction of sp³-hybridized carbons (Fsp3) is 0.900. The highest BCUT2D eigenvalue weighted by Crippen LogP contribution is 2.50. The van der Waals surface area contributed by atoms with Gasteiger partial charge in [-0.3, -0.25) is 9.69 Å². The lowest BCUT2D eigenvalue weighted by molar-refractivity contribution is -0.131. The molecule has 0 aromatic heterocycles. The van der Waals surface area contributed by atoms with Crippen LogP contribution in [-0.4, -0.2) is 91.1 Å². The number of rotatable bonds is 5. The summed E-state index contributed by atoms with van der Waals surface area (Å²) in [7, 11) is -3.09. The molecule has 2 saturated heterocycles. The van der Waals surface area contributed by atoms with Gasteiger partial charge in [0.15, 0.2) is 0 Å². The first-order valence-corrected chi connectivity index (χ1v) is 12.8. The van der Waals surface area contributed by atoms with Crippen LogP contribution in [0.5, 0.6) is 0 Å². The van der Waals surface area contributed by atoms with Crippen molar-refractivity contribution in [2.75, 3.05) is 45.5 Å². The molecule has 1 amide bonds. The molecule has 9 heteroatoms. The van der Waals surface area contributed by atoms with Gasteiger partial charge in [-0.25, -0.2) is 8.42 Å². The van der Waals surface area contributed by atoms with E-state index in [0.717, 1.165) is 64.5 Å². The van der Waals surface area contributed by atoms with Crippen LogP contribution in [-0.2, 0) is 14.8 Å². The Morgan fingerprint density at radius 2 is 1.69 bits per heavy atom. The lowest BCUT2D eigenvalue weighted by atomic mass is 9.60. The van der Waals surface area contributed by atoms with E-state index < -0.39 is 10.0 Å². The number of likely N-dealkylation sites (tertiary alicyclic amines) is 1. The minimum Gasteiger partial charge on any atom is -0.326 e. The van der Waals surface area contributed by atoms with Gasteiger partial charge >= 0.3 is 0 Å². The summed E-state index contributed by atoms with van der Waals surface area (Å²) in [5.74, 6) is 0.0581. The first-order chi connectivity index (χ1) is 13.8. The van der Waals surface area contributed by atoms with Gasteiger partial charge in [0.1, 0.15) is 6.04 Å². The number of hydrogen-bond donors (Lipinski definition) is 1. The molecule has 2 bridgehead atoms. The summed E-state index contributed by atoms with van der Waals surface area (Å²) in [6, 6.07) is 2.00. The van der Waals surface area contributed by atoms with Crippen molar-refractivity contribution in [2.24, 2.45) is 0 Å². The van der Waals surface area contributed by atoms with Crippen LogP contribution < -0.4 is 5.32 Å². The lowest BCUT2D eigenvalue weighted by Gasteiger charge is -2.59. The van der Waals surface area contributed by atoms with Gasteiger partial charge in [0.25, 0.3) is 0 Å². The lowest BCUT2D eigenvalue weighted by Crippen LogP contribution is -2.66. The predicted octanol–water partition coefficient (Wildman–Crippen LogP) is 0.513. The molecule has 0 aromatic carbocycles. The molecule has 5 rings (SSSR count). The molecule has 8 nitrogen and oxygen atoms in total. The van der Waals surface area contributed by atoms with Gasteiger partial charge in [0.2, 0.25) is 15.9 Å². The van der Waals surface area contributed by atoms with Gasteiger partial charge in [0.05, 0.1) is 18.9 Å². The Morgan fingerprint density at radius 3 is 2.24 bits per heavy atom. The molecule has 0 aromatic rings. The van der Waals surface area contributed by atoms with Crippen LogP contribution in [0.15, 0.2) is 0 Å². The van der Waals surface area contributed by atoms with Crippen molar-refractivity contribution in [3.05, 3.63) is 0 Å². The molecule has 3 aliphatic carbocycles. The number of carbonyl (C=O) groups excluding carboxylic acids is 1. The van der Waals surface area contributed by atoms with E-state index in [9.17, 15) is 18.5 Å². The second-order valence-electron chi connectivity index (χ2n) is 9.38. The van der Waals surface area contributed by atoms with Crippen molar-refractivity contribution in [1.82, 2.24) is 19.4 Å². The molecule has 5 fully saturated rings. The number of amides is 1. The Morgan fingerprint density at radius 1 is 1.07 bits per heavy atom. The zero-order valence-electron chi connectivity index (χ0n) is 17.4. The van der Waals surface area contributed by atoms with Gasteiger partial charge < -0.3 is 10.2 Å². The fourth-order valence-electron chi connectivity index (χ4n) is 5.96. The molecule has 2 heterocycles. The van der Waals surface area contributed by atoms with Crippen molar-refractivity contribution in [3.8, 4) is 6.07 Å². The smallest absolute Gasteiger partial charge is 0.237 e. The second-order valence-corrected chi connectivity index (χ2v) is 11.4. The Hall–Kier alpha value is -1.21. The number of hydrogen-bond acceptors (Lipinski definition) is 6. The van der Waals surface area contributed by atoms with Crippen LogP contribution in [0.4, 0.5) is 0 Å². The van der Waals surface area contributed by atoms with E-state index in [1.54, 1.807) is 9.21 Å². The minimum atomic E-state index is -3.09. The summed E-state index contributed by atoms with van der Waals surface area (Å²) in [5, 5.41) is 12.8. The molecule has 2 aliphatic heterocycles. The van der Waals surface area contributed by atoms with E-state index in [-0.39, 0.29) is 23.0 Å². The van der Waals surface area contributed by atoms with Gasteiger partial charge in [-0.15, -0.1) is 0 Å². The number of piperazine rings is 1. The fourth-order valence-corrected chi connectivity index (χ4v) is 6.79. The van der Waals surface area contributed by atoms with Crippen LogP contribution in [0, 0.1) is 11.3 Å². The second kappa shape index (κ2) is 7.80. The Labute approximate surface area is 174 Å². The van der Waals surface area contributed by atoms with E-state index in [1.165, 1.54) is 6.26 Å². The number of fused-ring (bicyclic) bond motifs is 3. The highest BCUT2D eigenvalue weighted by Gasteiger charge is 2.51. The number of nitrogens with one attached hydrogen (secondary N) is 1. The summed E-state index contributed by atoms with van der Waals surface area (Å²) < 4.78 is 25.2. The van der Waals surface area contributed by atoms with Crippen LogP contribution in [0.3, 0.4) is 0 Å². The zero-order valence-corrected chi connectivity index (χ0v) is 18.2. The maximum Gasteiger partial charge on any atom is 0.237 e. The SMILES string of the molecule is CS(=O)(=O)N1CCN(C23CCC(NCC(=O)N4CCC[C@H]4C#N)(CC2)CC3)CC1. The van der Waals surface area contributed by atoms with Crippen LogP contribution in [0.1, 0.15) is 51.4 Å². The number of sulfonamides is 1. The molecule has 162 valence electrons. The van der Waals surface area contributed by atoms with Gasteiger partial charge in [-0.1, -0.05) is 0 Å². The average Bonchev–Trinajstić information content (AvgIpc) is 3.22. The first kappa shape index (κ1) is 21.0. The van der Waals surface area contributed by atoms with Gasteiger partial charge in [-0.2, -0.15) is 9.57 Å². The molecule has 5 aliphatic rings. The van der Waals surface area contributed by atoms with E-state index in [1.807, 2.05) is 0 Å². The third-order valence-corrected chi connectivity index (χ3v) is 9.23. The largest absolute Gasteiger partial charge is 0.326 e. The summed E-state index contributed by atoms with van der Waals surface area (Å²) in [6.45, 7) is 3.85. The molecule has 0 radical (unpaired) electrons. The van der Waals surface area contributed by atoms with Crippen LogP contribution in [0.25, 0.3) is 0 Å². The normalized spacial score (nSPS) is 36.3. The summed E-state index contributed by atoms with van der Waals surface area (Å²) in [4.78, 5) is 16.9. The van der Waals surface area contributed by atoms with E-state index in [0.29, 0.717) is 26.2 Å². The molecule has 1 N–H and O–H groups in total. The maximum atomic E-state index is 12.6. The Balaban J connectivity index is 1.30. The van der Waals surface area contributed by atoms with Crippen molar-refractivity contribution < 1.29 is 13.2 Å². The maximum absolute atomic E-state index is 12.6. The van der Waals surface area contributed by atoms with E-state index >= 15 is 0 Å². The molecule has 0 unspecified atom stereocenters. The zero-order chi connectivity index (χ0) is 20.7. The van der Waals surface area contributed by atoms with E-state index in [4.69, 9.17) is 0 Å². The molecular formula is C20H33N5O3S. The standard InChI is InChI=1S/C20H33N5O3S/c1-29(27,28)24-13-11-23(12-14-24)20-7-4-19(5-8-20,6-9-20)22-16-18(26)25-10-2-3-17(25)15-21/h17,22H,2-14,16H2,1H3/t17-,19?,20?/m0/s1. The third kappa shape index (κ3) is 4.05. The van der Waals surface area contributed by atoms with Gasteiger partial charge in [-0.05, 0) is 51.4 Å².